The fourth-order valence-electron chi connectivity index (χ4n) is 2.69. The van der Waals surface area contributed by atoms with Crippen LogP contribution in [-0.4, -0.2) is 21.4 Å². The van der Waals surface area contributed by atoms with E-state index in [1.165, 1.54) is 13.2 Å². The molecule has 0 radical (unpaired) electrons. The van der Waals surface area contributed by atoms with Crippen molar-refractivity contribution in [3.8, 4) is 11.1 Å². The zero-order valence-electron chi connectivity index (χ0n) is 13.7. The fourth-order valence-corrected chi connectivity index (χ4v) is 3.49. The van der Waals surface area contributed by atoms with Crippen molar-refractivity contribution in [1.82, 2.24) is 27.4 Å². The summed E-state index contributed by atoms with van der Waals surface area (Å²) in [6.45, 7) is 0. The number of benzene rings is 2. The monoisotopic (exact) mass is 378 g/mol. The third-order valence-corrected chi connectivity index (χ3v) is 4.78. The second kappa shape index (κ2) is 7.47. The Morgan fingerprint density at radius 3 is 2.35 bits per heavy atom. The predicted molar refractivity (Wildman–Crippen MR) is 93.0 cm³/mol. The molecule has 0 atom stereocenters. The van der Waals surface area contributed by atoms with Crippen LogP contribution < -0.4 is 32.5 Å². The van der Waals surface area contributed by atoms with Crippen LogP contribution in [0, 0.1) is 0 Å². The van der Waals surface area contributed by atoms with Gasteiger partial charge in [-0.05, 0) is 29.3 Å². The molecule has 0 bridgehead atoms. The minimum Gasteiger partial charge on any atom is -0.277 e. The molecule has 26 heavy (non-hydrogen) atoms. The van der Waals surface area contributed by atoms with E-state index in [1.807, 2.05) is 0 Å². The summed E-state index contributed by atoms with van der Waals surface area (Å²) < 4.78 is 24.0. The van der Waals surface area contributed by atoms with E-state index in [1.54, 1.807) is 36.4 Å². The summed E-state index contributed by atoms with van der Waals surface area (Å²) >= 11 is 0. The molecular weight excluding hydrogens is 360 g/mol. The van der Waals surface area contributed by atoms with Crippen molar-refractivity contribution in [2.75, 3.05) is 7.11 Å². The van der Waals surface area contributed by atoms with Gasteiger partial charge in [-0.2, -0.15) is 11.1 Å². The molecule has 1 fully saturated rings. The lowest BCUT2D eigenvalue weighted by Gasteiger charge is -2.18. The number of rotatable bonds is 5. The van der Waals surface area contributed by atoms with Crippen molar-refractivity contribution in [3.63, 3.8) is 0 Å². The van der Waals surface area contributed by atoms with Crippen LogP contribution in [0.4, 0.5) is 0 Å². The van der Waals surface area contributed by atoms with E-state index in [4.69, 9.17) is 5.14 Å². The number of nitrogens with one attached hydrogen (secondary N) is 5. The number of carbonyl (C=O) groups excluding carboxylic acids is 1. The first-order valence-electron chi connectivity index (χ1n) is 7.52. The Bertz CT molecular complexity index is 910. The van der Waals surface area contributed by atoms with Gasteiger partial charge in [0.1, 0.15) is 6.17 Å². The number of amides is 1. The SMILES string of the molecule is CONC(=O)c1ccc(-c2cccc(S(N)(=O)=O)c2C2NNNN2)cc1. The molecule has 3 rings (SSSR count). The third kappa shape index (κ3) is 3.73. The molecule has 2 aromatic carbocycles. The van der Waals surface area contributed by atoms with Gasteiger partial charge in [-0.3, -0.25) is 9.63 Å². The Hall–Kier alpha value is -2.38. The Morgan fingerprint density at radius 1 is 1.12 bits per heavy atom. The molecule has 10 nitrogen and oxygen atoms in total. The smallest absolute Gasteiger partial charge is 0.274 e. The largest absolute Gasteiger partial charge is 0.277 e. The highest BCUT2D eigenvalue weighted by molar-refractivity contribution is 7.89. The maximum absolute atomic E-state index is 12.0. The predicted octanol–water partition coefficient (Wildman–Crippen LogP) is -0.592. The van der Waals surface area contributed by atoms with Crippen molar-refractivity contribution >= 4 is 15.9 Å². The number of hydrogen-bond donors (Lipinski definition) is 6. The van der Waals surface area contributed by atoms with Crippen molar-refractivity contribution in [2.24, 2.45) is 5.14 Å². The second-order valence-electron chi connectivity index (χ2n) is 5.45. The number of sulfonamides is 1. The molecule has 0 aliphatic carbocycles. The van der Waals surface area contributed by atoms with Gasteiger partial charge in [0.25, 0.3) is 5.91 Å². The lowest BCUT2D eigenvalue weighted by atomic mass is 9.97. The first-order chi connectivity index (χ1) is 12.4. The Labute approximate surface area is 150 Å². The lowest BCUT2D eigenvalue weighted by molar-refractivity contribution is 0.0537. The average Bonchev–Trinajstić information content (AvgIpc) is 3.15. The van der Waals surface area contributed by atoms with Crippen LogP contribution in [-0.2, 0) is 14.9 Å². The van der Waals surface area contributed by atoms with Gasteiger partial charge in [0.2, 0.25) is 10.0 Å². The molecule has 7 N–H and O–H groups in total. The molecular formula is C15H18N6O4S. The first kappa shape index (κ1) is 18.4. The third-order valence-electron chi connectivity index (χ3n) is 3.81. The van der Waals surface area contributed by atoms with Crippen LogP contribution >= 0.6 is 0 Å². The van der Waals surface area contributed by atoms with E-state index < -0.39 is 16.2 Å². The minimum absolute atomic E-state index is 0.00768. The normalized spacial score (nSPS) is 15.2. The van der Waals surface area contributed by atoms with Crippen molar-refractivity contribution in [3.05, 3.63) is 53.6 Å². The second-order valence-corrected chi connectivity index (χ2v) is 6.98. The van der Waals surface area contributed by atoms with Crippen molar-refractivity contribution < 1.29 is 18.0 Å². The summed E-state index contributed by atoms with van der Waals surface area (Å²) in [6.07, 6.45) is -0.545. The van der Waals surface area contributed by atoms with E-state index in [2.05, 4.69) is 32.2 Å². The summed E-state index contributed by atoms with van der Waals surface area (Å²) in [6, 6.07) is 11.5. The molecule has 1 aliphatic rings. The molecule has 0 spiro atoms. The molecule has 1 aliphatic heterocycles. The maximum atomic E-state index is 12.0. The highest BCUT2D eigenvalue weighted by atomic mass is 32.2. The molecule has 2 aromatic rings. The summed E-state index contributed by atoms with van der Waals surface area (Å²) in [5.74, 6) is -0.384. The Kier molecular flexibility index (Phi) is 5.29. The molecule has 1 amide bonds. The highest BCUT2D eigenvalue weighted by Gasteiger charge is 2.26. The fraction of sp³-hybridized carbons (Fsp3) is 0.133. The maximum Gasteiger partial charge on any atom is 0.274 e. The first-order valence-corrected chi connectivity index (χ1v) is 9.07. The van der Waals surface area contributed by atoms with Crippen LogP contribution in [0.2, 0.25) is 0 Å². The summed E-state index contributed by atoms with van der Waals surface area (Å²) in [5.41, 5.74) is 15.5. The number of nitrogens with two attached hydrogens (primary N) is 1. The molecule has 0 saturated carbocycles. The van der Waals surface area contributed by atoms with Gasteiger partial charge in [0.05, 0.1) is 12.0 Å². The number of hydroxylamine groups is 1. The number of hydrogen-bond acceptors (Lipinski definition) is 8. The molecule has 1 saturated heterocycles. The summed E-state index contributed by atoms with van der Waals surface area (Å²) in [5, 5.41) is 5.38. The van der Waals surface area contributed by atoms with Crippen LogP contribution in [0.5, 0.6) is 0 Å². The van der Waals surface area contributed by atoms with E-state index in [0.29, 0.717) is 16.7 Å². The zero-order chi connectivity index (χ0) is 18.7. The molecule has 138 valence electrons. The van der Waals surface area contributed by atoms with Gasteiger partial charge < -0.3 is 0 Å². The zero-order valence-corrected chi connectivity index (χ0v) is 14.6. The molecule has 11 heteroatoms. The average molecular weight is 378 g/mol. The molecule has 0 aromatic heterocycles. The van der Waals surface area contributed by atoms with E-state index in [9.17, 15) is 13.2 Å². The van der Waals surface area contributed by atoms with Gasteiger partial charge in [0, 0.05) is 11.1 Å². The van der Waals surface area contributed by atoms with Crippen LogP contribution in [0.15, 0.2) is 47.4 Å². The summed E-state index contributed by atoms with van der Waals surface area (Å²) in [4.78, 5) is 16.4. The van der Waals surface area contributed by atoms with Gasteiger partial charge in [0.15, 0.2) is 0 Å². The van der Waals surface area contributed by atoms with Crippen LogP contribution in [0.25, 0.3) is 11.1 Å². The standard InChI is InChI=1S/C15H18N6O4S/c1-25-19-15(22)10-7-5-9(6-8-10)11-3-2-4-12(26(16,23)24)13(11)14-17-20-21-18-14/h2-8,14,17-18,20-21H,1H3,(H,19,22)(H2,16,23,24). The van der Waals surface area contributed by atoms with Crippen molar-refractivity contribution in [1.29, 1.82) is 0 Å². The van der Waals surface area contributed by atoms with Crippen LogP contribution in [0.3, 0.4) is 0 Å². The molecule has 1 heterocycles. The quantitative estimate of drug-likeness (QED) is 0.378. The highest BCUT2D eigenvalue weighted by Crippen LogP contribution is 2.32. The van der Waals surface area contributed by atoms with E-state index in [-0.39, 0.29) is 10.8 Å². The van der Waals surface area contributed by atoms with Crippen molar-refractivity contribution in [2.45, 2.75) is 11.1 Å². The summed E-state index contributed by atoms with van der Waals surface area (Å²) in [7, 11) is -2.60. The molecule has 0 unspecified atom stereocenters. The number of primary sulfonamides is 1. The van der Waals surface area contributed by atoms with Gasteiger partial charge in [-0.15, -0.1) is 0 Å². The van der Waals surface area contributed by atoms with Gasteiger partial charge in [-0.1, -0.05) is 24.3 Å². The van der Waals surface area contributed by atoms with Crippen LogP contribution in [0.1, 0.15) is 22.1 Å². The Balaban J connectivity index is 2.08. The van der Waals surface area contributed by atoms with Gasteiger partial charge in [-0.25, -0.2) is 29.9 Å². The van der Waals surface area contributed by atoms with E-state index in [0.717, 1.165) is 5.56 Å². The van der Waals surface area contributed by atoms with E-state index >= 15 is 0 Å². The minimum atomic E-state index is -3.95. The topological polar surface area (TPSA) is 147 Å². The number of hydrazine groups is 3. The number of carbonyl (C=O) groups is 1. The Morgan fingerprint density at radius 2 is 1.77 bits per heavy atom. The van der Waals surface area contributed by atoms with Gasteiger partial charge >= 0.3 is 0 Å². The lowest BCUT2D eigenvalue weighted by Crippen LogP contribution is -2.33.